The molecule has 17 heavy (non-hydrogen) atoms. The molecule has 1 fully saturated rings. The molecule has 0 amide bonds. The fourth-order valence-corrected chi connectivity index (χ4v) is 2.54. The summed E-state index contributed by atoms with van der Waals surface area (Å²) in [5.74, 6) is 0. The van der Waals surface area contributed by atoms with Gasteiger partial charge in [0, 0.05) is 24.8 Å². The number of benzene rings is 1. The number of nitrogens with zero attached hydrogens (tertiary/aromatic N) is 1. The minimum Gasteiger partial charge on any atom is -0.372 e. The maximum atomic E-state index is 6.03. The summed E-state index contributed by atoms with van der Waals surface area (Å²) in [6.45, 7) is 8.16. The van der Waals surface area contributed by atoms with E-state index in [9.17, 15) is 0 Å². The Kier molecular flexibility index (Phi) is 3.69. The van der Waals surface area contributed by atoms with Gasteiger partial charge in [-0.15, -0.1) is 0 Å². The first-order valence-electron chi connectivity index (χ1n) is 6.33. The van der Waals surface area contributed by atoms with Crippen LogP contribution in [-0.4, -0.2) is 25.3 Å². The Morgan fingerprint density at radius 2 is 1.82 bits per heavy atom. The summed E-state index contributed by atoms with van der Waals surface area (Å²) in [5.41, 5.74) is 8.50. The van der Waals surface area contributed by atoms with Crippen molar-refractivity contribution in [2.75, 3.05) is 18.0 Å². The third-order valence-electron chi connectivity index (χ3n) is 3.19. The van der Waals surface area contributed by atoms with Crippen LogP contribution in [0.4, 0.5) is 5.69 Å². The Bertz CT molecular complexity index is 368. The normalized spacial score (nSPS) is 26.9. The highest BCUT2D eigenvalue weighted by Gasteiger charge is 2.24. The SMILES string of the molecule is CC1CN(c2ccccc2[C@@H](C)N)CC(C)O1. The van der Waals surface area contributed by atoms with E-state index >= 15 is 0 Å². The van der Waals surface area contributed by atoms with Gasteiger partial charge in [0.2, 0.25) is 0 Å². The molecule has 2 unspecified atom stereocenters. The first-order chi connectivity index (χ1) is 8.08. The minimum absolute atomic E-state index is 0.0691. The van der Waals surface area contributed by atoms with Gasteiger partial charge in [-0.05, 0) is 32.4 Å². The molecule has 3 nitrogen and oxygen atoms in total. The molecule has 1 saturated heterocycles. The first-order valence-corrected chi connectivity index (χ1v) is 6.33. The van der Waals surface area contributed by atoms with Crippen molar-refractivity contribution in [2.45, 2.75) is 39.0 Å². The topological polar surface area (TPSA) is 38.5 Å². The molecule has 0 aliphatic carbocycles. The number of ether oxygens (including phenoxy) is 1. The highest BCUT2D eigenvalue weighted by Crippen LogP contribution is 2.27. The maximum Gasteiger partial charge on any atom is 0.0726 e. The molecule has 94 valence electrons. The van der Waals surface area contributed by atoms with Gasteiger partial charge in [-0.2, -0.15) is 0 Å². The zero-order valence-corrected chi connectivity index (χ0v) is 10.9. The number of nitrogens with two attached hydrogens (primary N) is 1. The van der Waals surface area contributed by atoms with Gasteiger partial charge in [-0.25, -0.2) is 0 Å². The van der Waals surface area contributed by atoms with Gasteiger partial charge in [0.25, 0.3) is 0 Å². The molecule has 3 heteroatoms. The summed E-state index contributed by atoms with van der Waals surface area (Å²) in [7, 11) is 0. The summed E-state index contributed by atoms with van der Waals surface area (Å²) in [6, 6.07) is 8.47. The smallest absolute Gasteiger partial charge is 0.0726 e. The van der Waals surface area contributed by atoms with Crippen LogP contribution in [0.15, 0.2) is 24.3 Å². The highest BCUT2D eigenvalue weighted by molar-refractivity contribution is 5.55. The number of hydrogen-bond donors (Lipinski definition) is 1. The Labute approximate surface area is 104 Å². The van der Waals surface area contributed by atoms with E-state index in [-0.39, 0.29) is 18.2 Å². The van der Waals surface area contributed by atoms with Gasteiger partial charge in [0.15, 0.2) is 0 Å². The molecule has 0 radical (unpaired) electrons. The summed E-state index contributed by atoms with van der Waals surface area (Å²) in [4.78, 5) is 2.39. The fourth-order valence-electron chi connectivity index (χ4n) is 2.54. The number of para-hydroxylation sites is 1. The molecule has 2 N–H and O–H groups in total. The molecular weight excluding hydrogens is 212 g/mol. The van der Waals surface area contributed by atoms with Crippen molar-refractivity contribution in [3.63, 3.8) is 0 Å². The molecule has 1 aliphatic heterocycles. The lowest BCUT2D eigenvalue weighted by atomic mass is 10.0. The second kappa shape index (κ2) is 5.07. The number of morpholine rings is 1. The third-order valence-corrected chi connectivity index (χ3v) is 3.19. The molecule has 1 aromatic rings. The summed E-state index contributed by atoms with van der Waals surface area (Å²) in [6.07, 6.45) is 0.555. The van der Waals surface area contributed by atoms with Crippen LogP contribution in [0.1, 0.15) is 32.4 Å². The largest absolute Gasteiger partial charge is 0.372 e. The predicted octanol–water partition coefficient (Wildman–Crippen LogP) is 2.32. The number of rotatable bonds is 2. The van der Waals surface area contributed by atoms with Crippen LogP contribution in [0.5, 0.6) is 0 Å². The van der Waals surface area contributed by atoms with E-state index in [0.717, 1.165) is 13.1 Å². The maximum absolute atomic E-state index is 6.03. The van der Waals surface area contributed by atoms with Gasteiger partial charge in [-0.3, -0.25) is 0 Å². The first kappa shape index (κ1) is 12.4. The number of hydrogen-bond acceptors (Lipinski definition) is 3. The van der Waals surface area contributed by atoms with Crippen LogP contribution in [0.3, 0.4) is 0 Å². The van der Waals surface area contributed by atoms with Gasteiger partial charge >= 0.3 is 0 Å². The minimum atomic E-state index is 0.0691. The van der Waals surface area contributed by atoms with E-state index in [2.05, 4.69) is 43.0 Å². The van der Waals surface area contributed by atoms with Crippen LogP contribution in [0.25, 0.3) is 0 Å². The second-order valence-corrected chi connectivity index (χ2v) is 5.01. The summed E-state index contributed by atoms with van der Waals surface area (Å²) >= 11 is 0. The molecule has 0 spiro atoms. The van der Waals surface area contributed by atoms with E-state index in [1.54, 1.807) is 0 Å². The molecule has 0 aromatic heterocycles. The van der Waals surface area contributed by atoms with Crippen LogP contribution in [0, 0.1) is 0 Å². The van der Waals surface area contributed by atoms with Gasteiger partial charge in [0.1, 0.15) is 0 Å². The molecule has 1 aliphatic rings. The summed E-state index contributed by atoms with van der Waals surface area (Å²) in [5, 5.41) is 0. The Morgan fingerprint density at radius 1 is 1.24 bits per heavy atom. The monoisotopic (exact) mass is 234 g/mol. The van der Waals surface area contributed by atoms with Gasteiger partial charge in [-0.1, -0.05) is 18.2 Å². The van der Waals surface area contributed by atoms with E-state index < -0.39 is 0 Å². The molecule has 1 aromatic carbocycles. The zero-order chi connectivity index (χ0) is 12.4. The number of anilines is 1. The lowest BCUT2D eigenvalue weighted by Gasteiger charge is -2.38. The summed E-state index contributed by atoms with van der Waals surface area (Å²) < 4.78 is 5.77. The standard InChI is InChI=1S/C14H22N2O/c1-10-8-16(9-11(2)17-10)14-7-5-4-6-13(14)12(3)15/h4-7,10-12H,8-9,15H2,1-3H3/t10?,11?,12-/m1/s1. The van der Waals surface area contributed by atoms with E-state index in [1.165, 1.54) is 11.3 Å². The second-order valence-electron chi connectivity index (χ2n) is 5.01. The highest BCUT2D eigenvalue weighted by atomic mass is 16.5. The Morgan fingerprint density at radius 3 is 2.41 bits per heavy atom. The van der Waals surface area contributed by atoms with Crippen LogP contribution in [0.2, 0.25) is 0 Å². The van der Waals surface area contributed by atoms with Crippen LogP contribution < -0.4 is 10.6 Å². The molecule has 2 rings (SSSR count). The zero-order valence-electron chi connectivity index (χ0n) is 10.9. The van der Waals surface area contributed by atoms with Crippen LogP contribution >= 0.6 is 0 Å². The molecular formula is C14H22N2O. The Hall–Kier alpha value is -1.06. The quantitative estimate of drug-likeness (QED) is 0.853. The van der Waals surface area contributed by atoms with Crippen molar-refractivity contribution >= 4 is 5.69 Å². The van der Waals surface area contributed by atoms with Crippen molar-refractivity contribution in [2.24, 2.45) is 5.73 Å². The van der Waals surface area contributed by atoms with E-state index in [0.29, 0.717) is 0 Å². The lowest BCUT2D eigenvalue weighted by Crippen LogP contribution is -2.46. The van der Waals surface area contributed by atoms with E-state index in [1.807, 2.05) is 6.92 Å². The van der Waals surface area contributed by atoms with E-state index in [4.69, 9.17) is 10.5 Å². The average Bonchev–Trinajstić information content (AvgIpc) is 2.27. The van der Waals surface area contributed by atoms with Crippen molar-refractivity contribution in [1.29, 1.82) is 0 Å². The van der Waals surface area contributed by atoms with Gasteiger partial charge in [0.05, 0.1) is 12.2 Å². The van der Waals surface area contributed by atoms with Crippen LogP contribution in [-0.2, 0) is 4.74 Å². The van der Waals surface area contributed by atoms with Crippen molar-refractivity contribution in [3.8, 4) is 0 Å². The molecule has 0 bridgehead atoms. The lowest BCUT2D eigenvalue weighted by molar-refractivity contribution is -0.00527. The van der Waals surface area contributed by atoms with Crippen molar-refractivity contribution < 1.29 is 4.74 Å². The molecule has 3 atom stereocenters. The Balaban J connectivity index is 2.27. The predicted molar refractivity (Wildman–Crippen MR) is 71.3 cm³/mol. The third kappa shape index (κ3) is 2.79. The fraction of sp³-hybridized carbons (Fsp3) is 0.571. The van der Waals surface area contributed by atoms with Crippen molar-refractivity contribution in [1.82, 2.24) is 0 Å². The molecule has 1 heterocycles. The van der Waals surface area contributed by atoms with Crippen molar-refractivity contribution in [3.05, 3.63) is 29.8 Å². The average molecular weight is 234 g/mol. The molecule has 0 saturated carbocycles. The van der Waals surface area contributed by atoms with Gasteiger partial charge < -0.3 is 15.4 Å².